The van der Waals surface area contributed by atoms with Crippen molar-refractivity contribution in [2.75, 3.05) is 31.1 Å². The number of carboxylic acids is 1. The van der Waals surface area contributed by atoms with Gasteiger partial charge in [0.05, 0.1) is 16.3 Å². The summed E-state index contributed by atoms with van der Waals surface area (Å²) in [6.45, 7) is 7.14. The van der Waals surface area contributed by atoms with Crippen LogP contribution >= 0.6 is 11.6 Å². The van der Waals surface area contributed by atoms with Gasteiger partial charge in [-0.2, -0.15) is 4.68 Å². The van der Waals surface area contributed by atoms with E-state index in [4.69, 9.17) is 11.6 Å². The van der Waals surface area contributed by atoms with E-state index in [1.165, 1.54) is 41.4 Å². The maximum Gasteiger partial charge on any atom is 0.335 e. The first-order valence-electron chi connectivity index (χ1n) is 15.2. The van der Waals surface area contributed by atoms with Crippen LogP contribution in [-0.2, 0) is 22.4 Å². The normalized spacial score (nSPS) is 17.5. The van der Waals surface area contributed by atoms with Crippen LogP contribution in [0.5, 0.6) is 0 Å². The van der Waals surface area contributed by atoms with Crippen molar-refractivity contribution in [3.63, 3.8) is 0 Å². The number of nitrogens with zero attached hydrogens (tertiary/aromatic N) is 6. The Morgan fingerprint density at radius 3 is 2.49 bits per heavy atom. The van der Waals surface area contributed by atoms with Gasteiger partial charge in [-0.05, 0) is 83.8 Å². The fourth-order valence-electron chi connectivity index (χ4n) is 6.48. The van der Waals surface area contributed by atoms with E-state index in [0.29, 0.717) is 12.0 Å². The first-order valence-corrected chi connectivity index (χ1v) is 15.6. The number of carbonyl (C=O) groups excluding carboxylic acids is 2. The molecule has 3 aromatic carbocycles. The number of anilines is 1. The van der Waals surface area contributed by atoms with Crippen LogP contribution in [0.1, 0.15) is 52.5 Å². The highest BCUT2D eigenvalue weighted by Gasteiger charge is 2.45. The van der Waals surface area contributed by atoms with Crippen LogP contribution in [0, 0.1) is 5.82 Å². The van der Waals surface area contributed by atoms with Crippen molar-refractivity contribution in [3.05, 3.63) is 106 Å². The molecular formula is C34H33ClFN7O4. The molecule has 2 N–H and O–H groups in total. The van der Waals surface area contributed by atoms with Crippen LogP contribution in [0.3, 0.4) is 0 Å². The predicted octanol–water partition coefficient (Wildman–Crippen LogP) is 4.29. The Hall–Kier alpha value is -4.94. The molecule has 1 saturated heterocycles. The van der Waals surface area contributed by atoms with Gasteiger partial charge in [-0.25, -0.2) is 9.18 Å². The van der Waals surface area contributed by atoms with Crippen molar-refractivity contribution in [2.24, 2.45) is 0 Å². The molecule has 47 heavy (non-hydrogen) atoms. The zero-order chi connectivity index (χ0) is 33.3. The fourth-order valence-corrected chi connectivity index (χ4v) is 6.64. The average Bonchev–Trinajstić information content (AvgIpc) is 3.59. The number of carbonyl (C=O) groups is 3. The second-order valence-corrected chi connectivity index (χ2v) is 12.6. The van der Waals surface area contributed by atoms with Crippen LogP contribution in [-0.4, -0.2) is 79.6 Å². The third kappa shape index (κ3) is 6.38. The molecule has 0 spiro atoms. The molecule has 0 bridgehead atoms. The largest absolute Gasteiger partial charge is 0.478 e. The molecule has 1 unspecified atom stereocenters. The second-order valence-electron chi connectivity index (χ2n) is 12.2. The number of aromatic carboxylic acids is 1. The highest BCUT2D eigenvalue weighted by Crippen LogP contribution is 2.44. The van der Waals surface area contributed by atoms with E-state index >= 15 is 4.39 Å². The molecule has 1 atom stereocenters. The van der Waals surface area contributed by atoms with E-state index in [2.05, 4.69) is 31.8 Å². The van der Waals surface area contributed by atoms with Gasteiger partial charge in [0.15, 0.2) is 11.6 Å². The molecule has 0 aliphatic carbocycles. The number of tetrazole rings is 1. The Morgan fingerprint density at radius 2 is 1.81 bits per heavy atom. The SMILES string of the molecule is CC1(C)Cc2c(cccc2N2CCNCC2)C(C(=O)Cc2ccc(C(=O)O)cc2)N1C(=O)/C=C/c1c(-n2cnnn2)ccc(Cl)c1F. The molecule has 3 heterocycles. The zero-order valence-electron chi connectivity index (χ0n) is 25.9. The number of aromatic nitrogens is 4. The minimum absolute atomic E-state index is 0.00996. The Bertz CT molecular complexity index is 1850. The summed E-state index contributed by atoms with van der Waals surface area (Å²) >= 11 is 6.11. The number of amides is 1. The molecule has 13 heteroatoms. The molecule has 1 amide bonds. The molecular weight excluding hydrogens is 625 g/mol. The van der Waals surface area contributed by atoms with Crippen LogP contribution < -0.4 is 10.2 Å². The molecule has 0 radical (unpaired) electrons. The number of fused-ring (bicyclic) bond motifs is 1. The molecule has 1 fully saturated rings. The summed E-state index contributed by atoms with van der Waals surface area (Å²) in [7, 11) is 0. The van der Waals surface area contributed by atoms with Gasteiger partial charge in [-0.1, -0.05) is 35.9 Å². The number of rotatable bonds is 8. The number of piperazine rings is 1. The number of nitrogens with one attached hydrogen (secondary N) is 1. The maximum absolute atomic E-state index is 15.4. The predicted molar refractivity (Wildman–Crippen MR) is 174 cm³/mol. The Kier molecular flexibility index (Phi) is 8.89. The van der Waals surface area contributed by atoms with Crippen molar-refractivity contribution in [2.45, 2.75) is 38.3 Å². The summed E-state index contributed by atoms with van der Waals surface area (Å²) in [6.07, 6.45) is 4.34. The van der Waals surface area contributed by atoms with E-state index < -0.39 is 29.3 Å². The number of halogens is 2. The van der Waals surface area contributed by atoms with Gasteiger partial charge in [0, 0.05) is 55.5 Å². The van der Waals surface area contributed by atoms with E-state index in [9.17, 15) is 19.5 Å². The number of hydrogen-bond donors (Lipinski definition) is 2. The topological polar surface area (TPSA) is 134 Å². The van der Waals surface area contributed by atoms with E-state index in [0.717, 1.165) is 43.0 Å². The van der Waals surface area contributed by atoms with Crippen molar-refractivity contribution in [3.8, 4) is 5.69 Å². The average molecular weight is 658 g/mol. The van der Waals surface area contributed by atoms with Crippen molar-refractivity contribution >= 4 is 41.0 Å². The second kappa shape index (κ2) is 13.0. The van der Waals surface area contributed by atoms with Crippen molar-refractivity contribution in [1.82, 2.24) is 30.4 Å². The highest BCUT2D eigenvalue weighted by molar-refractivity contribution is 6.31. The number of carboxylic acid groups (broad SMARTS) is 1. The first kappa shape index (κ1) is 32.0. The van der Waals surface area contributed by atoms with Crippen molar-refractivity contribution < 1.29 is 23.9 Å². The standard InChI is InChI=1S/C34H33ClFN7O4/c1-34(2)19-25-23(4-3-5-27(25)41-16-14-37-15-17-41)32(29(44)18-21-6-8-22(9-7-21)33(46)47)43(34)30(45)13-10-24-28(42-20-38-39-40-42)12-11-26(35)31(24)36/h3-13,20,32,37H,14-19H2,1-2H3,(H,46,47)/b13-10+. The number of benzene rings is 3. The first-order chi connectivity index (χ1) is 22.5. The van der Waals surface area contributed by atoms with Gasteiger partial charge in [-0.3, -0.25) is 9.59 Å². The maximum atomic E-state index is 15.4. The molecule has 2 aliphatic rings. The van der Waals surface area contributed by atoms with E-state index in [1.54, 1.807) is 23.1 Å². The third-order valence-corrected chi connectivity index (χ3v) is 8.97. The Balaban J connectivity index is 1.42. The van der Waals surface area contributed by atoms with Crippen molar-refractivity contribution in [1.29, 1.82) is 0 Å². The Morgan fingerprint density at radius 1 is 1.06 bits per heavy atom. The summed E-state index contributed by atoms with van der Waals surface area (Å²) in [5, 5.41) is 23.7. The van der Waals surface area contributed by atoms with Gasteiger partial charge in [0.2, 0.25) is 5.91 Å². The summed E-state index contributed by atoms with van der Waals surface area (Å²) < 4.78 is 16.6. The third-order valence-electron chi connectivity index (χ3n) is 8.68. The monoisotopic (exact) mass is 657 g/mol. The number of ketones is 1. The molecule has 0 saturated carbocycles. The molecule has 242 valence electrons. The van der Waals surface area contributed by atoms with Crippen LogP contribution in [0.2, 0.25) is 5.02 Å². The number of hydrogen-bond acceptors (Lipinski definition) is 8. The lowest BCUT2D eigenvalue weighted by Crippen LogP contribution is -2.56. The summed E-state index contributed by atoms with van der Waals surface area (Å²) in [6, 6.07) is 14.0. The van der Waals surface area contributed by atoms with Crippen LogP contribution in [0.15, 0.2) is 67.0 Å². The zero-order valence-corrected chi connectivity index (χ0v) is 26.6. The summed E-state index contributed by atoms with van der Waals surface area (Å²) in [4.78, 5) is 43.9. The van der Waals surface area contributed by atoms with E-state index in [-0.39, 0.29) is 34.0 Å². The summed E-state index contributed by atoms with van der Waals surface area (Å²) in [5.41, 5.74) is 2.98. The Labute approximate surface area is 275 Å². The van der Waals surface area contributed by atoms with Gasteiger partial charge >= 0.3 is 5.97 Å². The molecule has 1 aromatic heterocycles. The van der Waals surface area contributed by atoms with E-state index in [1.807, 2.05) is 26.0 Å². The lowest BCUT2D eigenvalue weighted by Gasteiger charge is -2.49. The van der Waals surface area contributed by atoms with Gasteiger partial charge < -0.3 is 20.2 Å². The fraction of sp³-hybridized carbons (Fsp3) is 0.294. The highest BCUT2D eigenvalue weighted by atomic mass is 35.5. The lowest BCUT2D eigenvalue weighted by atomic mass is 9.78. The van der Waals surface area contributed by atoms with Gasteiger partial charge in [0.25, 0.3) is 0 Å². The lowest BCUT2D eigenvalue weighted by molar-refractivity contribution is -0.143. The molecule has 4 aromatic rings. The van der Waals surface area contributed by atoms with Crippen LogP contribution in [0.4, 0.5) is 10.1 Å². The molecule has 6 rings (SSSR count). The quantitative estimate of drug-likeness (QED) is 0.266. The molecule has 11 nitrogen and oxygen atoms in total. The van der Waals surface area contributed by atoms with Gasteiger partial charge in [0.1, 0.15) is 12.4 Å². The number of Topliss-reactive ketones (excluding diaryl/α,β-unsaturated/α-hetero) is 1. The van der Waals surface area contributed by atoms with Gasteiger partial charge in [-0.15, -0.1) is 5.10 Å². The minimum atomic E-state index is -1.06. The minimum Gasteiger partial charge on any atom is -0.478 e. The van der Waals surface area contributed by atoms with Crippen LogP contribution in [0.25, 0.3) is 11.8 Å². The summed E-state index contributed by atoms with van der Waals surface area (Å²) in [5.74, 6) is -2.53. The smallest absolute Gasteiger partial charge is 0.335 e. The molecule has 2 aliphatic heterocycles.